The molecule has 0 saturated carbocycles. The lowest BCUT2D eigenvalue weighted by molar-refractivity contribution is 0.269. The van der Waals surface area contributed by atoms with Crippen LogP contribution in [0.2, 0.25) is 0 Å². The first-order valence-electron chi connectivity index (χ1n) is 9.86. The molecule has 148 valence electrons. The topological polar surface area (TPSA) is 62.4 Å². The first-order chi connectivity index (χ1) is 13.7. The van der Waals surface area contributed by atoms with Gasteiger partial charge < -0.3 is 20.7 Å². The molecule has 1 saturated heterocycles. The third-order valence-corrected chi connectivity index (χ3v) is 6.51. The molecule has 0 spiro atoms. The molecule has 0 bridgehead atoms. The van der Waals surface area contributed by atoms with E-state index in [-0.39, 0.29) is 10.5 Å². The Kier molecular flexibility index (Phi) is 5.90. The second-order valence-corrected chi connectivity index (χ2v) is 8.71. The molecular formula is C22H27N3O2S. The van der Waals surface area contributed by atoms with E-state index in [1.165, 1.54) is 17.3 Å². The number of fused-ring (bicyclic) bond motifs is 1. The SMILES string of the molecule is COc1cc2c(cc1CN[C@H]1CCCN[C@H]1c1ccccc1)NC(=O)SC2C. The number of carbonyl (C=O) groups is 1. The number of nitrogens with one attached hydrogen (secondary N) is 3. The minimum Gasteiger partial charge on any atom is -0.496 e. The van der Waals surface area contributed by atoms with Gasteiger partial charge in [0.1, 0.15) is 5.75 Å². The maximum Gasteiger partial charge on any atom is 0.284 e. The summed E-state index contributed by atoms with van der Waals surface area (Å²) in [5, 5.41) is 10.5. The van der Waals surface area contributed by atoms with Crippen LogP contribution in [0.25, 0.3) is 0 Å². The third kappa shape index (κ3) is 4.04. The normalized spacial score (nSPS) is 24.4. The second kappa shape index (κ2) is 8.55. The molecule has 6 heteroatoms. The van der Waals surface area contributed by atoms with Crippen LogP contribution < -0.4 is 20.7 Å². The lowest BCUT2D eigenvalue weighted by Crippen LogP contribution is -2.45. The van der Waals surface area contributed by atoms with Crippen molar-refractivity contribution in [1.29, 1.82) is 0 Å². The minimum atomic E-state index is 0.00435. The van der Waals surface area contributed by atoms with Crippen molar-refractivity contribution in [2.45, 2.75) is 43.6 Å². The maximum absolute atomic E-state index is 11.9. The quantitative estimate of drug-likeness (QED) is 0.687. The molecule has 2 heterocycles. The number of thioether (sulfide) groups is 1. The number of amides is 1. The van der Waals surface area contributed by atoms with Crippen molar-refractivity contribution in [3.05, 3.63) is 59.2 Å². The smallest absolute Gasteiger partial charge is 0.284 e. The molecule has 2 aromatic rings. The number of piperidine rings is 1. The Labute approximate surface area is 170 Å². The summed E-state index contributed by atoms with van der Waals surface area (Å²) in [6, 6.07) is 15.4. The van der Waals surface area contributed by atoms with E-state index < -0.39 is 0 Å². The zero-order chi connectivity index (χ0) is 19.5. The molecule has 0 aliphatic carbocycles. The Bertz CT molecular complexity index is 843. The number of benzene rings is 2. The van der Waals surface area contributed by atoms with E-state index in [9.17, 15) is 4.79 Å². The van der Waals surface area contributed by atoms with Gasteiger partial charge in [-0.05, 0) is 49.6 Å². The molecule has 0 aromatic heterocycles. The van der Waals surface area contributed by atoms with Gasteiger partial charge in [-0.1, -0.05) is 42.1 Å². The monoisotopic (exact) mass is 397 g/mol. The average molecular weight is 398 g/mol. The fourth-order valence-corrected chi connectivity index (χ4v) is 4.95. The van der Waals surface area contributed by atoms with E-state index in [2.05, 4.69) is 65.3 Å². The zero-order valence-electron chi connectivity index (χ0n) is 16.3. The van der Waals surface area contributed by atoms with Crippen molar-refractivity contribution < 1.29 is 9.53 Å². The summed E-state index contributed by atoms with van der Waals surface area (Å²) in [5.41, 5.74) is 4.40. The van der Waals surface area contributed by atoms with Crippen LogP contribution in [0.15, 0.2) is 42.5 Å². The lowest BCUT2D eigenvalue weighted by Gasteiger charge is -2.34. The van der Waals surface area contributed by atoms with E-state index in [4.69, 9.17) is 4.74 Å². The molecule has 5 nitrogen and oxygen atoms in total. The number of carbonyl (C=O) groups excluding carboxylic acids is 1. The van der Waals surface area contributed by atoms with Crippen LogP contribution in [0, 0.1) is 0 Å². The van der Waals surface area contributed by atoms with E-state index in [1.54, 1.807) is 7.11 Å². The summed E-state index contributed by atoms with van der Waals surface area (Å²) in [7, 11) is 1.71. The van der Waals surface area contributed by atoms with Gasteiger partial charge in [-0.2, -0.15) is 0 Å². The number of hydrogen-bond acceptors (Lipinski definition) is 5. The summed E-state index contributed by atoms with van der Waals surface area (Å²) in [4.78, 5) is 11.9. The summed E-state index contributed by atoms with van der Waals surface area (Å²) in [5.74, 6) is 0.870. The maximum atomic E-state index is 11.9. The van der Waals surface area contributed by atoms with Crippen molar-refractivity contribution >= 4 is 22.7 Å². The van der Waals surface area contributed by atoms with E-state index in [0.29, 0.717) is 18.6 Å². The fourth-order valence-electron chi connectivity index (χ4n) is 4.14. The fraction of sp³-hybridized carbons (Fsp3) is 0.409. The molecule has 2 aliphatic heterocycles. The highest BCUT2D eigenvalue weighted by atomic mass is 32.2. The van der Waals surface area contributed by atoms with Crippen molar-refractivity contribution in [2.75, 3.05) is 19.0 Å². The van der Waals surface area contributed by atoms with Gasteiger partial charge in [-0.3, -0.25) is 4.79 Å². The highest BCUT2D eigenvalue weighted by molar-refractivity contribution is 8.14. The lowest BCUT2D eigenvalue weighted by atomic mass is 9.92. The molecule has 2 aliphatic rings. The molecule has 1 amide bonds. The second-order valence-electron chi connectivity index (χ2n) is 7.40. The summed E-state index contributed by atoms with van der Waals surface area (Å²) in [6.45, 7) is 3.79. The molecular weight excluding hydrogens is 370 g/mol. The van der Waals surface area contributed by atoms with Crippen LogP contribution in [-0.4, -0.2) is 24.9 Å². The molecule has 4 rings (SSSR count). The van der Waals surface area contributed by atoms with Crippen molar-refractivity contribution in [2.24, 2.45) is 0 Å². The highest BCUT2D eigenvalue weighted by Gasteiger charge is 2.27. The Balaban J connectivity index is 1.53. The van der Waals surface area contributed by atoms with Crippen molar-refractivity contribution in [3.63, 3.8) is 0 Å². The van der Waals surface area contributed by atoms with Crippen LogP contribution in [-0.2, 0) is 6.54 Å². The Morgan fingerprint density at radius 2 is 2.07 bits per heavy atom. The molecule has 0 radical (unpaired) electrons. The standard InChI is InChI=1S/C22H27N3O2S/c1-14-17-12-20(27-2)16(11-19(17)25-22(26)28-14)13-24-18-9-6-10-23-21(18)15-7-4-3-5-8-15/h3-5,7-8,11-12,14,18,21,23-24H,6,9-10,13H2,1-2H3,(H,25,26)/t14?,18-,21-/m0/s1. The molecule has 1 fully saturated rings. The Morgan fingerprint density at radius 3 is 2.86 bits per heavy atom. The number of rotatable bonds is 5. The van der Waals surface area contributed by atoms with Gasteiger partial charge in [0.05, 0.1) is 7.11 Å². The molecule has 3 N–H and O–H groups in total. The van der Waals surface area contributed by atoms with Crippen LogP contribution in [0.1, 0.15) is 47.7 Å². The van der Waals surface area contributed by atoms with Gasteiger partial charge in [0.25, 0.3) is 5.24 Å². The van der Waals surface area contributed by atoms with Gasteiger partial charge >= 0.3 is 0 Å². The van der Waals surface area contributed by atoms with Crippen molar-refractivity contribution in [3.8, 4) is 5.75 Å². The highest BCUT2D eigenvalue weighted by Crippen LogP contribution is 2.42. The number of methoxy groups -OCH3 is 1. The molecule has 2 aromatic carbocycles. The average Bonchev–Trinajstić information content (AvgIpc) is 2.72. The van der Waals surface area contributed by atoms with E-state index in [1.807, 2.05) is 0 Å². The van der Waals surface area contributed by atoms with Gasteiger partial charge in [-0.25, -0.2) is 0 Å². The number of ether oxygens (including phenoxy) is 1. The van der Waals surface area contributed by atoms with Crippen molar-refractivity contribution in [1.82, 2.24) is 10.6 Å². The summed E-state index contributed by atoms with van der Waals surface area (Å²) in [6.07, 6.45) is 2.29. The largest absolute Gasteiger partial charge is 0.496 e. The number of anilines is 1. The van der Waals surface area contributed by atoms with Crippen LogP contribution in [0.3, 0.4) is 0 Å². The Morgan fingerprint density at radius 1 is 1.25 bits per heavy atom. The third-order valence-electron chi connectivity index (χ3n) is 5.58. The number of hydrogen-bond donors (Lipinski definition) is 3. The van der Waals surface area contributed by atoms with E-state index >= 15 is 0 Å². The van der Waals surface area contributed by atoms with Crippen LogP contribution in [0.5, 0.6) is 5.75 Å². The predicted octanol–water partition coefficient (Wildman–Crippen LogP) is 4.62. The summed E-state index contributed by atoms with van der Waals surface area (Å²) >= 11 is 1.31. The first kappa shape index (κ1) is 19.3. The van der Waals surface area contributed by atoms with Gasteiger partial charge in [0, 0.05) is 35.1 Å². The predicted molar refractivity (Wildman–Crippen MR) is 115 cm³/mol. The van der Waals surface area contributed by atoms with Gasteiger partial charge in [0.2, 0.25) is 0 Å². The summed E-state index contributed by atoms with van der Waals surface area (Å²) < 4.78 is 5.66. The van der Waals surface area contributed by atoms with Crippen LogP contribution >= 0.6 is 11.8 Å². The van der Waals surface area contributed by atoms with Gasteiger partial charge in [0.15, 0.2) is 0 Å². The molecule has 1 unspecified atom stereocenters. The van der Waals surface area contributed by atoms with Gasteiger partial charge in [-0.15, -0.1) is 0 Å². The van der Waals surface area contributed by atoms with Crippen LogP contribution in [0.4, 0.5) is 10.5 Å². The molecule has 3 atom stereocenters. The first-order valence-corrected chi connectivity index (χ1v) is 10.7. The Hall–Kier alpha value is -2.02. The molecule has 28 heavy (non-hydrogen) atoms. The van der Waals surface area contributed by atoms with E-state index in [0.717, 1.165) is 42.0 Å². The zero-order valence-corrected chi connectivity index (χ0v) is 17.1. The minimum absolute atomic E-state index is 0.00435.